The van der Waals surface area contributed by atoms with E-state index >= 15 is 0 Å². The van der Waals surface area contributed by atoms with Crippen LogP contribution >= 0.6 is 0 Å². The maximum absolute atomic E-state index is 14.1. The molecule has 1 aliphatic heterocycles. The number of benzene rings is 4. The van der Waals surface area contributed by atoms with Gasteiger partial charge in [0.1, 0.15) is 24.4 Å². The van der Waals surface area contributed by atoms with Gasteiger partial charge in [-0.2, -0.15) is 0 Å². The Bertz CT molecular complexity index is 2170. The number of sulfonamides is 1. The number of rotatable bonds is 48. The molecule has 1 fully saturated rings. The topological polar surface area (TPSA) is 142 Å². The Kier molecular flexibility index (Phi) is 35.6. The van der Waals surface area contributed by atoms with Crippen molar-refractivity contribution >= 4 is 10.0 Å². The van der Waals surface area contributed by atoms with Crippen LogP contribution in [-0.4, -0.2) is 86.6 Å². The van der Waals surface area contributed by atoms with E-state index in [1.807, 2.05) is 121 Å². The van der Waals surface area contributed by atoms with Gasteiger partial charge in [-0.3, -0.25) is 0 Å². The highest BCUT2D eigenvalue weighted by Gasteiger charge is 2.49. The van der Waals surface area contributed by atoms with Crippen LogP contribution in [0.5, 0.6) is 0 Å². The largest absolute Gasteiger partial charge is 0.390 e. The summed E-state index contributed by atoms with van der Waals surface area (Å²) in [6, 6.07) is 38.5. The third-order valence-electron chi connectivity index (χ3n) is 15.5. The summed E-state index contributed by atoms with van der Waals surface area (Å²) in [5.41, 5.74) is 3.85. The van der Waals surface area contributed by atoms with Gasteiger partial charge in [-0.1, -0.05) is 296 Å². The highest BCUT2D eigenvalue weighted by atomic mass is 32.2. The van der Waals surface area contributed by atoms with Crippen molar-refractivity contribution in [2.24, 2.45) is 0 Å². The van der Waals surface area contributed by atoms with Crippen molar-refractivity contribution in [1.82, 2.24) is 4.72 Å². The molecule has 1 aliphatic rings. The minimum absolute atomic E-state index is 0.0948. The number of aliphatic hydroxyl groups is 2. The fourth-order valence-electron chi connectivity index (χ4n) is 10.7. The molecule has 4 aromatic carbocycles. The number of unbranched alkanes of at least 4 members (excludes halogenated alkanes) is 24. The summed E-state index contributed by atoms with van der Waals surface area (Å²) >= 11 is 0. The number of hydrogen-bond donors (Lipinski definition) is 3. The van der Waals surface area contributed by atoms with E-state index in [1.165, 1.54) is 116 Å². The lowest BCUT2D eigenvalue weighted by Crippen LogP contribution is -2.62. The molecule has 0 aliphatic carbocycles. The fraction of sp³-hybridized carbons (Fsp3) is 0.647. The summed E-state index contributed by atoms with van der Waals surface area (Å²) in [4.78, 5) is 0. The summed E-state index contributed by atoms with van der Waals surface area (Å²) in [5, 5.41) is 23.7. The Hall–Kier alpha value is -3.53. The molecule has 5 rings (SSSR count). The van der Waals surface area contributed by atoms with Crippen LogP contribution in [-0.2, 0) is 64.9 Å². The molecule has 8 atom stereocenters. The van der Waals surface area contributed by atoms with E-state index in [-0.39, 0.29) is 38.8 Å². The molecule has 0 spiro atoms. The number of nitrogens with one attached hydrogen (secondary N) is 1. The Morgan fingerprint density at radius 3 is 1.24 bits per heavy atom. The average Bonchev–Trinajstić information content (AvgIpc) is 3.48. The molecule has 3 N–H and O–H groups in total. The zero-order chi connectivity index (χ0) is 56.6. The van der Waals surface area contributed by atoms with Crippen LogP contribution in [0, 0.1) is 0 Å². The smallest absolute Gasteiger partial charge is 0.212 e. The van der Waals surface area contributed by atoms with Crippen LogP contribution in [0.2, 0.25) is 0 Å². The van der Waals surface area contributed by atoms with Gasteiger partial charge >= 0.3 is 0 Å². The van der Waals surface area contributed by atoms with E-state index in [4.69, 9.17) is 28.4 Å². The Morgan fingerprint density at radius 2 is 0.812 bits per heavy atom. The minimum Gasteiger partial charge on any atom is -0.390 e. The van der Waals surface area contributed by atoms with Crippen molar-refractivity contribution in [3.8, 4) is 0 Å². The third-order valence-corrected chi connectivity index (χ3v) is 17.0. The first-order chi connectivity index (χ1) is 39.3. The van der Waals surface area contributed by atoms with Crippen molar-refractivity contribution in [1.29, 1.82) is 0 Å². The molecule has 0 saturated carbocycles. The molecule has 1 heterocycles. The van der Waals surface area contributed by atoms with E-state index in [0.29, 0.717) is 25.9 Å². The van der Waals surface area contributed by atoms with Gasteiger partial charge in [-0.05, 0) is 35.1 Å². The molecule has 11 nitrogen and oxygen atoms in total. The van der Waals surface area contributed by atoms with Gasteiger partial charge < -0.3 is 38.6 Å². The van der Waals surface area contributed by atoms with Crippen molar-refractivity contribution in [2.75, 3.05) is 19.0 Å². The molecule has 4 aromatic rings. The normalized spacial score (nSPS) is 18.8. The Morgan fingerprint density at radius 1 is 0.450 bits per heavy atom. The number of ether oxygens (including phenoxy) is 6. The predicted molar refractivity (Wildman–Crippen MR) is 324 cm³/mol. The fourth-order valence-corrected chi connectivity index (χ4v) is 12.1. The van der Waals surface area contributed by atoms with E-state index in [2.05, 4.69) is 18.6 Å². The molecule has 0 amide bonds. The SMILES string of the molecule is CCCCCCCCCCCCCCCCS(=O)(=O)N[C@@H](CO[C@@H]1OC(COCc2ccccc2)[C@H](OCc2ccccc2)[C@H](OCc2ccccc2)C1OCc1ccccc1)[C@H](O)[C@H](O)CCCCCCCCCCCCCC. The van der Waals surface area contributed by atoms with Crippen LogP contribution in [0.15, 0.2) is 121 Å². The average molecular weight is 1130 g/mol. The molecule has 0 aromatic heterocycles. The van der Waals surface area contributed by atoms with E-state index in [0.717, 1.165) is 60.8 Å². The molecule has 1 saturated heterocycles. The summed E-state index contributed by atoms with van der Waals surface area (Å²) in [5.74, 6) is -0.0948. The van der Waals surface area contributed by atoms with Gasteiger partial charge in [0.2, 0.25) is 10.0 Å². The van der Waals surface area contributed by atoms with Gasteiger partial charge in [-0.15, -0.1) is 0 Å². The molecule has 0 radical (unpaired) electrons. The molecule has 2 unspecified atom stereocenters. The van der Waals surface area contributed by atoms with Crippen molar-refractivity contribution in [3.63, 3.8) is 0 Å². The lowest BCUT2D eigenvalue weighted by molar-refractivity contribution is -0.329. The second kappa shape index (κ2) is 42.3. The minimum atomic E-state index is -3.92. The summed E-state index contributed by atoms with van der Waals surface area (Å²) in [6.45, 7) is 5.32. The number of aliphatic hydroxyl groups excluding tert-OH is 2. The second-order valence-corrected chi connectivity index (χ2v) is 24.4. The monoisotopic (exact) mass is 1130 g/mol. The van der Waals surface area contributed by atoms with Crippen LogP contribution in [0.3, 0.4) is 0 Å². The lowest BCUT2D eigenvalue weighted by atomic mass is 9.97. The maximum Gasteiger partial charge on any atom is 0.212 e. The Labute approximate surface area is 484 Å². The van der Waals surface area contributed by atoms with Crippen LogP contribution in [0.4, 0.5) is 0 Å². The molecular formula is C68H105NO10S. The first-order valence-electron chi connectivity index (χ1n) is 31.5. The van der Waals surface area contributed by atoms with Crippen molar-refractivity contribution in [3.05, 3.63) is 144 Å². The van der Waals surface area contributed by atoms with Crippen molar-refractivity contribution < 1.29 is 47.1 Å². The zero-order valence-corrected chi connectivity index (χ0v) is 50.1. The quantitative estimate of drug-likeness (QED) is 0.0366. The second-order valence-electron chi connectivity index (χ2n) is 22.5. The molecular weight excluding hydrogens is 1020 g/mol. The lowest BCUT2D eigenvalue weighted by Gasteiger charge is -2.46. The highest BCUT2D eigenvalue weighted by molar-refractivity contribution is 7.89. The molecule has 0 bridgehead atoms. The summed E-state index contributed by atoms with van der Waals surface area (Å²) in [7, 11) is -3.92. The molecule has 80 heavy (non-hydrogen) atoms. The summed E-state index contributed by atoms with van der Waals surface area (Å²) in [6.07, 6.45) is 23.8. The van der Waals surface area contributed by atoms with E-state index in [9.17, 15) is 18.6 Å². The first kappa shape index (κ1) is 67.3. The standard InChI is InChI=1S/C68H105NO10S/c1-3-5-7-9-11-13-15-17-18-20-22-24-26-40-50-80(72,73)69-61(64(71)62(70)49-39-25-23-21-19-16-14-12-10-8-6-4-2)55-78-68-67(77-54-60-47-37-30-38-48-60)66(76-53-59-45-35-29-36-46-59)65(75-52-58-43-33-28-34-44-58)63(79-68)56-74-51-57-41-31-27-32-42-57/h27-38,41-48,61-71H,3-26,39-40,49-56H2,1-2H3/t61-,62+,63?,64-,65-,66-,67?,68+/m0/s1. The van der Waals surface area contributed by atoms with Gasteiger partial charge in [0, 0.05) is 0 Å². The van der Waals surface area contributed by atoms with Crippen LogP contribution in [0.1, 0.15) is 209 Å². The zero-order valence-electron chi connectivity index (χ0n) is 49.3. The number of hydrogen-bond acceptors (Lipinski definition) is 10. The molecule has 12 heteroatoms. The van der Waals surface area contributed by atoms with Crippen LogP contribution < -0.4 is 4.72 Å². The van der Waals surface area contributed by atoms with Gasteiger partial charge in [0.25, 0.3) is 0 Å². The molecule has 448 valence electrons. The van der Waals surface area contributed by atoms with Crippen molar-refractivity contribution in [2.45, 2.75) is 263 Å². The van der Waals surface area contributed by atoms with E-state index in [1.54, 1.807) is 0 Å². The van der Waals surface area contributed by atoms with Gasteiger partial charge in [-0.25, -0.2) is 13.1 Å². The third kappa shape index (κ3) is 28.6. The van der Waals surface area contributed by atoms with Gasteiger partial charge in [0.15, 0.2) is 6.29 Å². The predicted octanol–water partition coefficient (Wildman–Crippen LogP) is 15.3. The Balaban J connectivity index is 1.31. The summed E-state index contributed by atoms with van der Waals surface area (Å²) < 4.78 is 71.6. The van der Waals surface area contributed by atoms with E-state index < -0.39 is 59.0 Å². The first-order valence-corrected chi connectivity index (χ1v) is 33.1. The highest BCUT2D eigenvalue weighted by Crippen LogP contribution is 2.32. The van der Waals surface area contributed by atoms with Gasteiger partial charge in [0.05, 0.1) is 63.6 Å². The maximum atomic E-state index is 14.1. The van der Waals surface area contributed by atoms with Crippen LogP contribution in [0.25, 0.3) is 0 Å².